The molecule has 1 aliphatic rings. The molecule has 0 aliphatic heterocycles. The van der Waals surface area contributed by atoms with Gasteiger partial charge in [-0.3, -0.25) is 9.59 Å². The SMILES string of the molecule is O=C(O)C1(CNc2cc(=O)[nH]cn2)CCCCCC1. The molecule has 1 fully saturated rings. The summed E-state index contributed by atoms with van der Waals surface area (Å²) in [7, 11) is 0. The van der Waals surface area contributed by atoms with Crippen LogP contribution in [0.25, 0.3) is 0 Å². The Morgan fingerprint density at radius 3 is 2.63 bits per heavy atom. The minimum Gasteiger partial charge on any atom is -0.481 e. The standard InChI is InChI=1S/C13H19N3O3/c17-11-7-10(15-9-16-11)14-8-13(12(18)19)5-3-1-2-4-6-13/h7,9H,1-6,8H2,(H,18,19)(H2,14,15,16,17). The van der Waals surface area contributed by atoms with E-state index in [9.17, 15) is 14.7 Å². The molecule has 1 aliphatic carbocycles. The van der Waals surface area contributed by atoms with E-state index in [-0.39, 0.29) is 5.56 Å². The van der Waals surface area contributed by atoms with Crippen molar-refractivity contribution in [3.8, 4) is 0 Å². The highest BCUT2D eigenvalue weighted by atomic mass is 16.4. The molecule has 19 heavy (non-hydrogen) atoms. The van der Waals surface area contributed by atoms with Gasteiger partial charge in [0, 0.05) is 12.6 Å². The van der Waals surface area contributed by atoms with E-state index in [4.69, 9.17) is 0 Å². The number of carboxylic acids is 1. The summed E-state index contributed by atoms with van der Waals surface area (Å²) in [5, 5.41) is 12.5. The molecule has 0 bridgehead atoms. The second kappa shape index (κ2) is 5.86. The average Bonchev–Trinajstić information content (AvgIpc) is 2.63. The van der Waals surface area contributed by atoms with Gasteiger partial charge in [-0.15, -0.1) is 0 Å². The van der Waals surface area contributed by atoms with Crippen LogP contribution in [0, 0.1) is 5.41 Å². The van der Waals surface area contributed by atoms with Crippen molar-refractivity contribution in [3.63, 3.8) is 0 Å². The Hall–Kier alpha value is -1.85. The summed E-state index contributed by atoms with van der Waals surface area (Å²) in [6.07, 6.45) is 6.74. The minimum atomic E-state index is -0.758. The van der Waals surface area contributed by atoms with Crippen molar-refractivity contribution in [2.24, 2.45) is 5.41 Å². The highest BCUT2D eigenvalue weighted by Crippen LogP contribution is 2.35. The molecule has 1 heterocycles. The van der Waals surface area contributed by atoms with Gasteiger partial charge in [0.15, 0.2) is 0 Å². The number of hydrogen-bond donors (Lipinski definition) is 3. The molecule has 1 aromatic rings. The van der Waals surface area contributed by atoms with Crippen LogP contribution in [0.15, 0.2) is 17.2 Å². The molecule has 0 unspecified atom stereocenters. The number of nitrogens with one attached hydrogen (secondary N) is 2. The largest absolute Gasteiger partial charge is 0.481 e. The smallest absolute Gasteiger partial charge is 0.311 e. The number of nitrogens with zero attached hydrogens (tertiary/aromatic N) is 1. The fourth-order valence-electron chi connectivity index (χ4n) is 2.60. The first-order chi connectivity index (χ1) is 9.12. The van der Waals surface area contributed by atoms with E-state index < -0.39 is 11.4 Å². The number of aromatic amines is 1. The Morgan fingerprint density at radius 1 is 1.37 bits per heavy atom. The van der Waals surface area contributed by atoms with E-state index in [1.54, 1.807) is 0 Å². The zero-order valence-electron chi connectivity index (χ0n) is 10.8. The van der Waals surface area contributed by atoms with Crippen LogP contribution in [0.4, 0.5) is 5.82 Å². The normalized spacial score (nSPS) is 18.5. The zero-order valence-corrected chi connectivity index (χ0v) is 10.8. The maximum atomic E-state index is 11.6. The molecule has 0 spiro atoms. The summed E-state index contributed by atoms with van der Waals surface area (Å²) in [5.74, 6) is -0.333. The first-order valence-corrected chi connectivity index (χ1v) is 6.64. The van der Waals surface area contributed by atoms with Crippen LogP contribution in [0.3, 0.4) is 0 Å². The van der Waals surface area contributed by atoms with Crippen molar-refractivity contribution in [2.45, 2.75) is 38.5 Å². The number of carbonyl (C=O) groups is 1. The van der Waals surface area contributed by atoms with Crippen molar-refractivity contribution in [1.29, 1.82) is 0 Å². The minimum absolute atomic E-state index is 0.247. The third-order valence-corrected chi connectivity index (χ3v) is 3.80. The fourth-order valence-corrected chi connectivity index (χ4v) is 2.60. The van der Waals surface area contributed by atoms with Gasteiger partial charge in [-0.25, -0.2) is 4.98 Å². The van der Waals surface area contributed by atoms with Crippen LogP contribution in [0.2, 0.25) is 0 Å². The summed E-state index contributed by atoms with van der Waals surface area (Å²) in [4.78, 5) is 29.2. The van der Waals surface area contributed by atoms with Crippen molar-refractivity contribution >= 4 is 11.8 Å². The lowest BCUT2D eigenvalue weighted by Gasteiger charge is -2.28. The molecule has 2 rings (SSSR count). The third kappa shape index (κ3) is 3.33. The molecule has 6 heteroatoms. The summed E-state index contributed by atoms with van der Waals surface area (Å²) in [5.41, 5.74) is -0.983. The maximum absolute atomic E-state index is 11.6. The predicted octanol–water partition coefficient (Wildman–Crippen LogP) is 1.61. The van der Waals surface area contributed by atoms with Crippen LogP contribution in [0.5, 0.6) is 0 Å². The molecule has 0 aromatic carbocycles. The summed E-state index contributed by atoms with van der Waals surface area (Å²) < 4.78 is 0. The molecule has 104 valence electrons. The predicted molar refractivity (Wildman–Crippen MR) is 71.1 cm³/mol. The van der Waals surface area contributed by atoms with Gasteiger partial charge in [-0.1, -0.05) is 25.7 Å². The molecular formula is C13H19N3O3. The number of H-pyrrole nitrogens is 1. The highest BCUT2D eigenvalue weighted by molar-refractivity contribution is 5.75. The zero-order chi connectivity index (χ0) is 13.7. The van der Waals surface area contributed by atoms with Gasteiger partial charge in [0.2, 0.25) is 0 Å². The summed E-state index contributed by atoms with van der Waals surface area (Å²) >= 11 is 0. The van der Waals surface area contributed by atoms with Crippen LogP contribution in [0.1, 0.15) is 38.5 Å². The number of aromatic nitrogens is 2. The van der Waals surface area contributed by atoms with E-state index in [2.05, 4.69) is 15.3 Å². The highest BCUT2D eigenvalue weighted by Gasteiger charge is 2.38. The fraction of sp³-hybridized carbons (Fsp3) is 0.615. The molecule has 0 radical (unpaired) electrons. The quantitative estimate of drug-likeness (QED) is 0.719. The van der Waals surface area contributed by atoms with Crippen LogP contribution >= 0.6 is 0 Å². The average molecular weight is 265 g/mol. The van der Waals surface area contributed by atoms with E-state index in [1.807, 2.05) is 0 Å². The Labute approximate surface area is 111 Å². The van der Waals surface area contributed by atoms with Crippen LogP contribution < -0.4 is 10.9 Å². The van der Waals surface area contributed by atoms with Crippen molar-refractivity contribution in [2.75, 3.05) is 11.9 Å². The third-order valence-electron chi connectivity index (χ3n) is 3.80. The summed E-state index contributed by atoms with van der Waals surface area (Å²) in [6.45, 7) is 0.318. The first kappa shape index (κ1) is 13.6. The number of carboxylic acid groups (broad SMARTS) is 1. The Balaban J connectivity index is 2.08. The topological polar surface area (TPSA) is 95.1 Å². The molecule has 1 saturated carbocycles. The lowest BCUT2D eigenvalue weighted by molar-refractivity contribution is -0.149. The lowest BCUT2D eigenvalue weighted by atomic mass is 9.80. The number of anilines is 1. The Morgan fingerprint density at radius 2 is 2.05 bits per heavy atom. The van der Waals surface area contributed by atoms with E-state index in [0.29, 0.717) is 25.2 Å². The number of hydrogen-bond acceptors (Lipinski definition) is 4. The van der Waals surface area contributed by atoms with Crippen molar-refractivity contribution in [1.82, 2.24) is 9.97 Å². The first-order valence-electron chi connectivity index (χ1n) is 6.64. The second-order valence-electron chi connectivity index (χ2n) is 5.15. The molecule has 6 nitrogen and oxygen atoms in total. The van der Waals surface area contributed by atoms with Crippen molar-refractivity contribution in [3.05, 3.63) is 22.7 Å². The summed E-state index contributed by atoms with van der Waals surface area (Å²) in [6, 6.07) is 1.34. The molecule has 3 N–H and O–H groups in total. The van der Waals surface area contributed by atoms with Gasteiger partial charge in [0.1, 0.15) is 5.82 Å². The molecule has 0 saturated heterocycles. The van der Waals surface area contributed by atoms with Gasteiger partial charge in [0.05, 0.1) is 11.7 Å². The Kier molecular flexibility index (Phi) is 4.19. The van der Waals surface area contributed by atoms with E-state index in [1.165, 1.54) is 12.4 Å². The lowest BCUT2D eigenvalue weighted by Crippen LogP contribution is -2.37. The van der Waals surface area contributed by atoms with Gasteiger partial charge in [-0.05, 0) is 12.8 Å². The van der Waals surface area contributed by atoms with Gasteiger partial charge >= 0.3 is 5.97 Å². The van der Waals surface area contributed by atoms with Gasteiger partial charge < -0.3 is 15.4 Å². The van der Waals surface area contributed by atoms with E-state index in [0.717, 1.165) is 25.7 Å². The van der Waals surface area contributed by atoms with Crippen LogP contribution in [-0.2, 0) is 4.79 Å². The molecule has 0 atom stereocenters. The molecular weight excluding hydrogens is 246 g/mol. The van der Waals surface area contributed by atoms with Gasteiger partial charge in [-0.2, -0.15) is 0 Å². The van der Waals surface area contributed by atoms with Gasteiger partial charge in [0.25, 0.3) is 5.56 Å². The van der Waals surface area contributed by atoms with E-state index >= 15 is 0 Å². The molecule has 0 amide bonds. The molecule has 1 aromatic heterocycles. The maximum Gasteiger partial charge on any atom is 0.311 e. The monoisotopic (exact) mass is 265 g/mol. The Bertz CT molecular complexity index is 490. The van der Waals surface area contributed by atoms with Crippen LogP contribution in [-0.4, -0.2) is 27.6 Å². The number of aliphatic carboxylic acids is 1. The number of rotatable bonds is 4. The van der Waals surface area contributed by atoms with Crippen molar-refractivity contribution < 1.29 is 9.90 Å². The second-order valence-corrected chi connectivity index (χ2v) is 5.15.